The van der Waals surface area contributed by atoms with Crippen LogP contribution in [0, 0.1) is 11.6 Å². The third-order valence-corrected chi connectivity index (χ3v) is 3.40. The van der Waals surface area contributed by atoms with Crippen molar-refractivity contribution in [2.75, 3.05) is 13.7 Å². The van der Waals surface area contributed by atoms with Gasteiger partial charge in [0.2, 0.25) is 0 Å². The lowest BCUT2D eigenvalue weighted by atomic mass is 9.95. The highest BCUT2D eigenvalue weighted by Crippen LogP contribution is 2.22. The molecule has 2 N–H and O–H groups in total. The Balaban J connectivity index is 2.83. The normalized spacial score (nSPS) is 15.3. The van der Waals surface area contributed by atoms with Crippen molar-refractivity contribution in [1.29, 1.82) is 0 Å². The minimum Gasteiger partial charge on any atom is -0.468 e. The van der Waals surface area contributed by atoms with Crippen molar-refractivity contribution in [3.05, 3.63) is 35.4 Å². The Morgan fingerprint density at radius 2 is 2.00 bits per heavy atom. The first-order chi connectivity index (χ1) is 9.85. The monoisotopic (exact) mass is 301 g/mol. The molecule has 0 aliphatic carbocycles. The van der Waals surface area contributed by atoms with E-state index >= 15 is 0 Å². The van der Waals surface area contributed by atoms with Gasteiger partial charge in [0.25, 0.3) is 0 Å². The molecule has 0 fully saturated rings. The van der Waals surface area contributed by atoms with Crippen molar-refractivity contribution in [3.8, 4) is 0 Å². The van der Waals surface area contributed by atoms with E-state index in [1.54, 1.807) is 6.92 Å². The fraction of sp³-hybridized carbons (Fsp3) is 0.533. The maximum atomic E-state index is 13.6. The molecule has 2 atom stereocenters. The Morgan fingerprint density at radius 3 is 2.48 bits per heavy atom. The van der Waals surface area contributed by atoms with Gasteiger partial charge in [-0.15, -0.1) is 0 Å². The zero-order chi connectivity index (χ0) is 16.0. The van der Waals surface area contributed by atoms with Gasteiger partial charge in [-0.3, -0.25) is 10.1 Å². The molecule has 4 nitrogen and oxygen atoms in total. The molecule has 0 bridgehead atoms. The lowest BCUT2D eigenvalue weighted by Gasteiger charge is -2.29. The molecule has 0 heterocycles. The molecule has 2 unspecified atom stereocenters. The molecule has 0 aliphatic heterocycles. The topological polar surface area (TPSA) is 58.6 Å². The van der Waals surface area contributed by atoms with Crippen LogP contribution in [0.25, 0.3) is 0 Å². The van der Waals surface area contributed by atoms with E-state index in [-0.39, 0.29) is 6.54 Å². The Labute approximate surface area is 123 Å². The van der Waals surface area contributed by atoms with E-state index in [9.17, 15) is 18.7 Å². The molecule has 0 radical (unpaired) electrons. The number of carbonyl (C=O) groups excluding carboxylic acids is 1. The zero-order valence-electron chi connectivity index (χ0n) is 12.5. The number of nitrogens with one attached hydrogen (secondary N) is 1. The zero-order valence-corrected chi connectivity index (χ0v) is 12.5. The Hall–Kier alpha value is -1.53. The number of esters is 1. The first-order valence-electron chi connectivity index (χ1n) is 6.81. The molecule has 1 aromatic carbocycles. The van der Waals surface area contributed by atoms with Crippen LogP contribution in [0.2, 0.25) is 0 Å². The Kier molecular flexibility index (Phi) is 6.23. The van der Waals surface area contributed by atoms with Crippen molar-refractivity contribution >= 4 is 5.97 Å². The number of rotatable bonds is 7. The van der Waals surface area contributed by atoms with Crippen LogP contribution in [-0.2, 0) is 9.53 Å². The Morgan fingerprint density at radius 1 is 1.43 bits per heavy atom. The minimum absolute atomic E-state index is 0.163. The summed E-state index contributed by atoms with van der Waals surface area (Å²) < 4.78 is 31.9. The van der Waals surface area contributed by atoms with Gasteiger partial charge in [0, 0.05) is 6.54 Å². The van der Waals surface area contributed by atoms with Gasteiger partial charge in [-0.1, -0.05) is 19.4 Å². The summed E-state index contributed by atoms with van der Waals surface area (Å²) in [4.78, 5) is 11.8. The standard InChI is InChI=1S/C15H21F2NO3/c1-4-8-15(2,14(20)21-3)18-9-12(19)13-10(16)6-5-7-11(13)17/h5-7,12,18-19H,4,8-9H2,1-3H3. The SMILES string of the molecule is CCCC(C)(NCC(O)c1c(F)cccc1F)C(=O)OC. The van der Waals surface area contributed by atoms with Gasteiger partial charge in [-0.25, -0.2) is 8.78 Å². The smallest absolute Gasteiger partial charge is 0.325 e. The molecule has 1 rings (SSSR count). The molecule has 0 spiro atoms. The second-order valence-corrected chi connectivity index (χ2v) is 5.11. The number of aliphatic hydroxyl groups excluding tert-OH is 1. The summed E-state index contributed by atoms with van der Waals surface area (Å²) in [6, 6.07) is 3.38. The van der Waals surface area contributed by atoms with E-state index in [1.807, 2.05) is 6.92 Å². The van der Waals surface area contributed by atoms with Crippen molar-refractivity contribution in [3.63, 3.8) is 0 Å². The second-order valence-electron chi connectivity index (χ2n) is 5.11. The highest BCUT2D eigenvalue weighted by molar-refractivity contribution is 5.80. The molecule has 0 saturated heterocycles. The quantitative estimate of drug-likeness (QED) is 0.759. The third-order valence-electron chi connectivity index (χ3n) is 3.40. The highest BCUT2D eigenvalue weighted by atomic mass is 19.1. The van der Waals surface area contributed by atoms with Crippen molar-refractivity contribution in [2.45, 2.75) is 38.3 Å². The molecule has 21 heavy (non-hydrogen) atoms. The number of hydrogen-bond acceptors (Lipinski definition) is 4. The fourth-order valence-corrected chi connectivity index (χ4v) is 2.24. The number of benzene rings is 1. The van der Waals surface area contributed by atoms with Gasteiger partial charge < -0.3 is 9.84 Å². The van der Waals surface area contributed by atoms with Gasteiger partial charge in [0.05, 0.1) is 18.8 Å². The summed E-state index contributed by atoms with van der Waals surface area (Å²) in [6.45, 7) is 3.37. The van der Waals surface area contributed by atoms with E-state index in [2.05, 4.69) is 5.32 Å². The number of methoxy groups -OCH3 is 1. The Bertz CT molecular complexity index is 476. The molecule has 0 saturated carbocycles. The van der Waals surface area contributed by atoms with Gasteiger partial charge in [0.15, 0.2) is 0 Å². The van der Waals surface area contributed by atoms with Crippen LogP contribution in [0.3, 0.4) is 0 Å². The number of aliphatic hydroxyl groups is 1. The largest absolute Gasteiger partial charge is 0.468 e. The van der Waals surface area contributed by atoms with Gasteiger partial charge in [-0.05, 0) is 25.5 Å². The number of carbonyl (C=O) groups is 1. The van der Waals surface area contributed by atoms with Crippen molar-refractivity contribution < 1.29 is 23.4 Å². The number of halogens is 2. The van der Waals surface area contributed by atoms with Crippen LogP contribution in [0.5, 0.6) is 0 Å². The summed E-state index contributed by atoms with van der Waals surface area (Å²) in [7, 11) is 1.27. The summed E-state index contributed by atoms with van der Waals surface area (Å²) in [5.41, 5.74) is -1.42. The van der Waals surface area contributed by atoms with Crippen LogP contribution >= 0.6 is 0 Å². The second kappa shape index (κ2) is 7.47. The van der Waals surface area contributed by atoms with Crippen molar-refractivity contribution in [2.24, 2.45) is 0 Å². The summed E-state index contributed by atoms with van der Waals surface area (Å²) in [6.07, 6.45) is -0.207. The van der Waals surface area contributed by atoms with Crippen LogP contribution in [0.1, 0.15) is 38.4 Å². The molecular formula is C15H21F2NO3. The van der Waals surface area contributed by atoms with Crippen LogP contribution < -0.4 is 5.32 Å². The minimum atomic E-state index is -1.40. The average Bonchev–Trinajstić information content (AvgIpc) is 2.44. The van der Waals surface area contributed by atoms with Crippen LogP contribution in [-0.4, -0.2) is 30.3 Å². The highest BCUT2D eigenvalue weighted by Gasteiger charge is 2.34. The molecule has 1 aromatic rings. The van der Waals surface area contributed by atoms with Crippen LogP contribution in [0.15, 0.2) is 18.2 Å². The first kappa shape index (κ1) is 17.5. The molecule has 0 aromatic heterocycles. The molecule has 6 heteroatoms. The first-order valence-corrected chi connectivity index (χ1v) is 6.81. The van der Waals surface area contributed by atoms with Gasteiger partial charge in [-0.2, -0.15) is 0 Å². The van der Waals surface area contributed by atoms with E-state index < -0.39 is 34.8 Å². The van der Waals surface area contributed by atoms with Crippen molar-refractivity contribution in [1.82, 2.24) is 5.32 Å². The maximum absolute atomic E-state index is 13.6. The lowest BCUT2D eigenvalue weighted by Crippen LogP contribution is -2.51. The number of hydrogen-bond donors (Lipinski definition) is 2. The fourth-order valence-electron chi connectivity index (χ4n) is 2.24. The molecule has 118 valence electrons. The van der Waals surface area contributed by atoms with E-state index in [0.717, 1.165) is 12.1 Å². The third kappa shape index (κ3) is 4.22. The summed E-state index contributed by atoms with van der Waals surface area (Å²) >= 11 is 0. The predicted molar refractivity (Wildman–Crippen MR) is 74.6 cm³/mol. The molecule has 0 amide bonds. The van der Waals surface area contributed by atoms with E-state index in [4.69, 9.17) is 4.74 Å². The van der Waals surface area contributed by atoms with E-state index in [0.29, 0.717) is 12.8 Å². The summed E-state index contributed by atoms with van der Waals surface area (Å²) in [5.74, 6) is -2.12. The maximum Gasteiger partial charge on any atom is 0.325 e. The summed E-state index contributed by atoms with van der Waals surface area (Å²) in [5, 5.41) is 12.8. The molecule has 0 aliphatic rings. The molecular weight excluding hydrogens is 280 g/mol. The van der Waals surface area contributed by atoms with Gasteiger partial charge in [0.1, 0.15) is 17.2 Å². The predicted octanol–water partition coefficient (Wildman–Crippen LogP) is 2.32. The van der Waals surface area contributed by atoms with Gasteiger partial charge >= 0.3 is 5.97 Å². The van der Waals surface area contributed by atoms with Crippen LogP contribution in [0.4, 0.5) is 8.78 Å². The lowest BCUT2D eigenvalue weighted by molar-refractivity contribution is -0.148. The van der Waals surface area contributed by atoms with E-state index in [1.165, 1.54) is 13.2 Å². The average molecular weight is 301 g/mol. The number of β-amino-alcohol motifs (C(OH)–C–C–N with tert-alkyl or cyclic N) is 1. The number of ether oxygens (including phenoxy) is 1.